The summed E-state index contributed by atoms with van der Waals surface area (Å²) < 4.78 is 9.23. The molecule has 11 heteroatoms. The van der Waals surface area contributed by atoms with E-state index in [1.807, 2.05) is 0 Å². The minimum Gasteiger partial charge on any atom is -0.435 e. The van der Waals surface area contributed by atoms with Gasteiger partial charge < -0.3 is 4.42 Å². The summed E-state index contributed by atoms with van der Waals surface area (Å²) in [5.41, 5.74) is -1.21. The van der Waals surface area contributed by atoms with E-state index >= 15 is 0 Å². The summed E-state index contributed by atoms with van der Waals surface area (Å²) in [5, 5.41) is 11.0. The average Bonchev–Trinajstić information content (AvgIpc) is 3.27. The van der Waals surface area contributed by atoms with Crippen LogP contribution in [0.25, 0.3) is 39.3 Å². The van der Waals surface area contributed by atoms with E-state index in [1.54, 1.807) is 30.3 Å². The van der Waals surface area contributed by atoms with Crippen molar-refractivity contribution < 1.29 is 9.34 Å². The number of non-ortho nitro benzene ring substituents is 1. The Labute approximate surface area is 183 Å². The second kappa shape index (κ2) is 7.12. The highest BCUT2D eigenvalue weighted by Crippen LogP contribution is 2.28. The van der Waals surface area contributed by atoms with Crippen LogP contribution in [0.4, 0.5) is 5.69 Å². The number of rotatable bonds is 3. The predicted octanol–water partition coefficient (Wildman–Crippen LogP) is 2.10. The molecule has 0 aliphatic rings. The highest BCUT2D eigenvalue weighted by molar-refractivity contribution is 6.00. The lowest BCUT2D eigenvalue weighted by Gasteiger charge is -2.14. The fraction of sp³-hybridized carbons (Fsp3) is 0.0909. The number of pyridine rings is 1. The van der Waals surface area contributed by atoms with E-state index in [2.05, 4.69) is 4.98 Å². The molecule has 0 amide bonds. The first-order chi connectivity index (χ1) is 15.8. The van der Waals surface area contributed by atoms with Crippen LogP contribution >= 0.6 is 0 Å². The molecule has 0 spiro atoms. The quantitative estimate of drug-likeness (QED) is 0.306. The van der Waals surface area contributed by atoms with Gasteiger partial charge in [-0.2, -0.15) is 0 Å². The van der Waals surface area contributed by atoms with Crippen molar-refractivity contribution in [3.63, 3.8) is 0 Å². The number of nitrogens with zero attached hydrogens (tertiary/aromatic N) is 5. The number of aryl methyl sites for hydroxylation is 1. The van der Waals surface area contributed by atoms with Crippen LogP contribution in [0.5, 0.6) is 0 Å². The number of oxazole rings is 1. The van der Waals surface area contributed by atoms with Gasteiger partial charge in [0.2, 0.25) is 5.89 Å². The van der Waals surface area contributed by atoms with Gasteiger partial charge in [-0.1, -0.05) is 18.2 Å². The molecule has 0 saturated carbocycles. The number of fused-ring (bicyclic) bond motifs is 3. The lowest BCUT2D eigenvalue weighted by Crippen LogP contribution is -2.39. The average molecular weight is 445 g/mol. The molecular weight excluding hydrogens is 430 g/mol. The maximum absolute atomic E-state index is 13.5. The summed E-state index contributed by atoms with van der Waals surface area (Å²) in [6.07, 6.45) is 0. The van der Waals surface area contributed by atoms with Crippen molar-refractivity contribution in [2.24, 2.45) is 14.1 Å². The van der Waals surface area contributed by atoms with Crippen LogP contribution in [0.1, 0.15) is 0 Å². The van der Waals surface area contributed by atoms with Gasteiger partial charge in [-0.05, 0) is 24.3 Å². The molecule has 0 bridgehead atoms. The van der Waals surface area contributed by atoms with Gasteiger partial charge in [0.15, 0.2) is 11.1 Å². The van der Waals surface area contributed by atoms with Gasteiger partial charge in [-0.15, -0.1) is 0 Å². The molecule has 5 rings (SSSR count). The Hall–Kier alpha value is -4.80. The predicted molar refractivity (Wildman–Crippen MR) is 120 cm³/mol. The third kappa shape index (κ3) is 2.90. The van der Waals surface area contributed by atoms with E-state index in [-0.39, 0.29) is 33.7 Å². The molecule has 3 heterocycles. The SMILES string of the molecule is Cn1c(=O)c2c3oc(-c4ccc([N+](=O)[O-])cc4)nc3c(=O)n(-c3ccccc3)c2n(C)c1=O. The Balaban J connectivity index is 1.95. The molecule has 0 radical (unpaired) electrons. The largest absolute Gasteiger partial charge is 0.435 e. The van der Waals surface area contributed by atoms with Gasteiger partial charge in [0, 0.05) is 31.8 Å². The number of hydrogen-bond acceptors (Lipinski definition) is 7. The zero-order chi connectivity index (χ0) is 23.4. The van der Waals surface area contributed by atoms with E-state index < -0.39 is 21.7 Å². The van der Waals surface area contributed by atoms with Crippen molar-refractivity contribution in [1.29, 1.82) is 0 Å². The van der Waals surface area contributed by atoms with E-state index in [1.165, 1.54) is 47.5 Å². The maximum atomic E-state index is 13.5. The van der Waals surface area contributed by atoms with Gasteiger partial charge in [-0.25, -0.2) is 9.78 Å². The van der Waals surface area contributed by atoms with Gasteiger partial charge in [0.05, 0.1) is 10.6 Å². The maximum Gasteiger partial charge on any atom is 0.332 e. The van der Waals surface area contributed by atoms with Crippen molar-refractivity contribution in [2.45, 2.75) is 0 Å². The molecule has 0 atom stereocenters. The number of nitro groups is 1. The fourth-order valence-corrected chi connectivity index (χ4v) is 3.80. The van der Waals surface area contributed by atoms with Crippen LogP contribution in [0.15, 0.2) is 73.4 Å². The first kappa shape index (κ1) is 20.1. The summed E-state index contributed by atoms with van der Waals surface area (Å²) in [6, 6.07) is 14.0. The van der Waals surface area contributed by atoms with Gasteiger partial charge in [-0.3, -0.25) is 33.4 Å². The Bertz CT molecular complexity index is 1760. The first-order valence-corrected chi connectivity index (χ1v) is 9.75. The lowest BCUT2D eigenvalue weighted by atomic mass is 10.2. The minimum absolute atomic E-state index is 0.0127. The van der Waals surface area contributed by atoms with Crippen LogP contribution in [0, 0.1) is 10.1 Å². The lowest BCUT2D eigenvalue weighted by molar-refractivity contribution is -0.384. The summed E-state index contributed by atoms with van der Waals surface area (Å²) in [6.45, 7) is 0. The number of benzene rings is 2. The van der Waals surface area contributed by atoms with Crippen molar-refractivity contribution in [1.82, 2.24) is 18.7 Å². The van der Waals surface area contributed by atoms with Crippen LogP contribution in [0.2, 0.25) is 0 Å². The third-order valence-corrected chi connectivity index (χ3v) is 5.44. The first-order valence-electron chi connectivity index (χ1n) is 9.75. The molecule has 5 aromatic rings. The summed E-state index contributed by atoms with van der Waals surface area (Å²) in [7, 11) is 2.80. The molecule has 11 nitrogen and oxygen atoms in total. The standard InChI is InChI=1S/C22H15N5O6/c1-24-19-15(20(28)25(2)22(24)30)17-16(21(29)26(19)13-6-4-3-5-7-13)23-18(33-17)12-8-10-14(11-9-12)27(31)32/h3-11H,1-2H3. The normalized spacial score (nSPS) is 11.3. The van der Waals surface area contributed by atoms with Gasteiger partial charge in [0.25, 0.3) is 16.8 Å². The third-order valence-electron chi connectivity index (χ3n) is 5.44. The van der Waals surface area contributed by atoms with E-state index in [0.29, 0.717) is 11.3 Å². The molecular formula is C22H15N5O6. The van der Waals surface area contributed by atoms with Crippen LogP contribution in [-0.2, 0) is 14.1 Å². The Kier molecular flexibility index (Phi) is 4.34. The molecule has 2 aromatic carbocycles. The number of aromatic nitrogens is 4. The van der Waals surface area contributed by atoms with E-state index in [9.17, 15) is 24.5 Å². The van der Waals surface area contributed by atoms with Gasteiger partial charge in [0.1, 0.15) is 11.0 Å². The topological polar surface area (TPSA) is 135 Å². The van der Waals surface area contributed by atoms with Crippen molar-refractivity contribution in [3.8, 4) is 17.1 Å². The van der Waals surface area contributed by atoms with Crippen LogP contribution < -0.4 is 16.8 Å². The van der Waals surface area contributed by atoms with Crippen molar-refractivity contribution in [3.05, 3.63) is 95.9 Å². The summed E-state index contributed by atoms with van der Waals surface area (Å²) in [5.74, 6) is 0.0139. The fourth-order valence-electron chi connectivity index (χ4n) is 3.80. The summed E-state index contributed by atoms with van der Waals surface area (Å²) in [4.78, 5) is 54.0. The van der Waals surface area contributed by atoms with Crippen molar-refractivity contribution >= 4 is 27.8 Å². The minimum atomic E-state index is -0.644. The molecule has 0 N–H and O–H groups in total. The van der Waals surface area contributed by atoms with Crippen molar-refractivity contribution in [2.75, 3.05) is 0 Å². The number of para-hydroxylation sites is 1. The second-order valence-electron chi connectivity index (χ2n) is 7.38. The highest BCUT2D eigenvalue weighted by Gasteiger charge is 2.24. The molecule has 3 aromatic heterocycles. The zero-order valence-corrected chi connectivity index (χ0v) is 17.4. The highest BCUT2D eigenvalue weighted by atomic mass is 16.6. The van der Waals surface area contributed by atoms with Crippen LogP contribution in [0.3, 0.4) is 0 Å². The number of hydrogen-bond donors (Lipinski definition) is 0. The Morgan fingerprint density at radius 2 is 1.58 bits per heavy atom. The summed E-state index contributed by atoms with van der Waals surface area (Å²) >= 11 is 0. The molecule has 164 valence electrons. The Morgan fingerprint density at radius 1 is 0.909 bits per heavy atom. The zero-order valence-electron chi connectivity index (χ0n) is 17.4. The van der Waals surface area contributed by atoms with Crippen LogP contribution in [-0.4, -0.2) is 23.6 Å². The molecule has 0 saturated heterocycles. The second-order valence-corrected chi connectivity index (χ2v) is 7.38. The molecule has 33 heavy (non-hydrogen) atoms. The smallest absolute Gasteiger partial charge is 0.332 e. The molecule has 0 aliphatic carbocycles. The van der Waals surface area contributed by atoms with E-state index in [4.69, 9.17) is 4.42 Å². The molecule has 0 aliphatic heterocycles. The monoisotopic (exact) mass is 445 g/mol. The molecule has 0 fully saturated rings. The Morgan fingerprint density at radius 3 is 2.21 bits per heavy atom. The molecule has 0 unspecified atom stereocenters. The number of nitro benzene ring substituents is 1. The van der Waals surface area contributed by atoms with E-state index in [0.717, 1.165) is 4.57 Å². The van der Waals surface area contributed by atoms with Gasteiger partial charge >= 0.3 is 5.69 Å².